The Balaban J connectivity index is 2.23. The normalized spacial score (nSPS) is 24.7. The van der Waals surface area contributed by atoms with Gasteiger partial charge in [0.1, 0.15) is 29.7 Å². The molecule has 22 heavy (non-hydrogen) atoms. The average Bonchev–Trinajstić information content (AvgIpc) is 3.00. The maximum absolute atomic E-state index is 11.2. The SMILES string of the molecule is Nc1ncnc2c1c([N+](=O)[O-])cn2C1C=C(CO)[C@H](O)[C@@H]1O. The molecule has 0 radical (unpaired) electrons. The molecule has 10 nitrogen and oxygen atoms in total. The molecule has 1 aliphatic carbocycles. The highest BCUT2D eigenvalue weighted by molar-refractivity contribution is 5.95. The van der Waals surface area contributed by atoms with Crippen LogP contribution >= 0.6 is 0 Å². The molecule has 0 aliphatic heterocycles. The maximum atomic E-state index is 11.2. The molecule has 10 heteroatoms. The van der Waals surface area contributed by atoms with Gasteiger partial charge in [-0.05, 0) is 5.57 Å². The van der Waals surface area contributed by atoms with Gasteiger partial charge in [-0.25, -0.2) is 9.97 Å². The maximum Gasteiger partial charge on any atom is 0.300 e. The van der Waals surface area contributed by atoms with Gasteiger partial charge in [0.15, 0.2) is 5.65 Å². The van der Waals surface area contributed by atoms with Crippen molar-refractivity contribution in [2.75, 3.05) is 12.3 Å². The Morgan fingerprint density at radius 2 is 2.14 bits per heavy atom. The fraction of sp³-hybridized carbons (Fsp3) is 0.333. The van der Waals surface area contributed by atoms with E-state index in [2.05, 4.69) is 9.97 Å². The number of nitrogens with two attached hydrogens (primary N) is 1. The highest BCUT2D eigenvalue weighted by Gasteiger charge is 2.37. The van der Waals surface area contributed by atoms with Crippen LogP contribution in [0, 0.1) is 10.1 Å². The summed E-state index contributed by atoms with van der Waals surface area (Å²) >= 11 is 0. The first-order chi connectivity index (χ1) is 10.5. The lowest BCUT2D eigenvalue weighted by atomic mass is 10.1. The van der Waals surface area contributed by atoms with Crippen LogP contribution in [0.4, 0.5) is 11.5 Å². The molecule has 1 unspecified atom stereocenters. The van der Waals surface area contributed by atoms with Gasteiger partial charge >= 0.3 is 0 Å². The van der Waals surface area contributed by atoms with Crippen molar-refractivity contribution in [3.8, 4) is 0 Å². The summed E-state index contributed by atoms with van der Waals surface area (Å²) < 4.78 is 1.35. The van der Waals surface area contributed by atoms with E-state index in [0.717, 1.165) is 6.33 Å². The molecule has 0 aromatic carbocycles. The van der Waals surface area contributed by atoms with Crippen molar-refractivity contribution >= 4 is 22.5 Å². The minimum absolute atomic E-state index is 0.0464. The van der Waals surface area contributed by atoms with Crippen LogP contribution in [0.25, 0.3) is 11.0 Å². The summed E-state index contributed by atoms with van der Waals surface area (Å²) in [6.45, 7) is -0.423. The summed E-state index contributed by atoms with van der Waals surface area (Å²) in [5.41, 5.74) is 5.81. The highest BCUT2D eigenvalue weighted by Crippen LogP contribution is 2.37. The molecule has 0 fully saturated rings. The number of hydrogen-bond donors (Lipinski definition) is 4. The third-order valence-corrected chi connectivity index (χ3v) is 3.76. The quantitative estimate of drug-likeness (QED) is 0.323. The van der Waals surface area contributed by atoms with Gasteiger partial charge in [0.2, 0.25) is 0 Å². The molecule has 116 valence electrons. The zero-order valence-corrected chi connectivity index (χ0v) is 11.2. The summed E-state index contributed by atoms with van der Waals surface area (Å²) in [4.78, 5) is 18.3. The second kappa shape index (κ2) is 5.02. The second-order valence-corrected chi connectivity index (χ2v) is 4.96. The second-order valence-electron chi connectivity index (χ2n) is 4.96. The summed E-state index contributed by atoms with van der Waals surface area (Å²) in [6, 6.07) is -0.803. The van der Waals surface area contributed by atoms with E-state index in [-0.39, 0.29) is 28.1 Å². The number of aromatic nitrogens is 3. The molecule has 0 spiro atoms. The van der Waals surface area contributed by atoms with Gasteiger partial charge in [0.05, 0.1) is 23.8 Å². The number of rotatable bonds is 3. The standard InChI is InChI=1S/C12H13N5O5/c13-11-8-7(17(21)22)2-16(12(8)15-4-14-11)6-1-5(3-18)9(19)10(6)20/h1-2,4,6,9-10,18-20H,3H2,(H2,13,14,15)/t6?,9-,10+/m0/s1. The van der Waals surface area contributed by atoms with Gasteiger partial charge in [-0.2, -0.15) is 0 Å². The van der Waals surface area contributed by atoms with Crippen molar-refractivity contribution < 1.29 is 20.2 Å². The van der Waals surface area contributed by atoms with Crippen LogP contribution in [0.3, 0.4) is 0 Å². The number of fused-ring (bicyclic) bond motifs is 1. The predicted octanol–water partition coefficient (Wildman–Crippen LogP) is -0.883. The van der Waals surface area contributed by atoms with Gasteiger partial charge in [0.25, 0.3) is 5.69 Å². The molecular weight excluding hydrogens is 294 g/mol. The zero-order chi connectivity index (χ0) is 16.0. The monoisotopic (exact) mass is 307 g/mol. The average molecular weight is 307 g/mol. The topological polar surface area (TPSA) is 161 Å². The molecule has 0 amide bonds. The van der Waals surface area contributed by atoms with Crippen molar-refractivity contribution in [2.24, 2.45) is 0 Å². The largest absolute Gasteiger partial charge is 0.392 e. The van der Waals surface area contributed by atoms with E-state index in [1.165, 1.54) is 16.8 Å². The van der Waals surface area contributed by atoms with Gasteiger partial charge in [-0.15, -0.1) is 0 Å². The van der Waals surface area contributed by atoms with Crippen LogP contribution in [-0.2, 0) is 0 Å². The molecular formula is C12H13N5O5. The fourth-order valence-electron chi connectivity index (χ4n) is 2.67. The fourth-order valence-corrected chi connectivity index (χ4v) is 2.67. The molecule has 1 aliphatic rings. The van der Waals surface area contributed by atoms with E-state index in [4.69, 9.17) is 10.8 Å². The number of anilines is 1. The van der Waals surface area contributed by atoms with Crippen molar-refractivity contribution in [2.45, 2.75) is 18.2 Å². The Morgan fingerprint density at radius 3 is 2.73 bits per heavy atom. The predicted molar refractivity (Wildman–Crippen MR) is 74.8 cm³/mol. The van der Waals surface area contributed by atoms with Crippen molar-refractivity contribution in [1.29, 1.82) is 0 Å². The molecule has 2 aromatic heterocycles. The number of nitrogen functional groups attached to an aromatic ring is 1. The zero-order valence-electron chi connectivity index (χ0n) is 11.2. The van der Waals surface area contributed by atoms with E-state index in [9.17, 15) is 20.3 Å². The van der Waals surface area contributed by atoms with Gasteiger partial charge < -0.3 is 25.6 Å². The molecule has 2 heterocycles. The molecule has 0 saturated carbocycles. The van der Waals surface area contributed by atoms with E-state index in [1.807, 2.05) is 0 Å². The smallest absolute Gasteiger partial charge is 0.300 e. The van der Waals surface area contributed by atoms with E-state index in [0.29, 0.717) is 0 Å². The summed E-state index contributed by atoms with van der Waals surface area (Å²) in [7, 11) is 0. The first-order valence-electron chi connectivity index (χ1n) is 6.38. The van der Waals surface area contributed by atoms with Gasteiger partial charge in [-0.1, -0.05) is 6.08 Å². The van der Waals surface area contributed by atoms with Crippen LogP contribution in [-0.4, -0.2) is 53.6 Å². The van der Waals surface area contributed by atoms with Crippen LogP contribution < -0.4 is 5.73 Å². The molecule has 5 N–H and O–H groups in total. The summed E-state index contributed by atoms with van der Waals surface area (Å²) in [6.07, 6.45) is 1.30. The minimum Gasteiger partial charge on any atom is -0.392 e. The Labute approximate surface area is 123 Å². The number of nitrogens with zero attached hydrogens (tertiary/aromatic N) is 4. The van der Waals surface area contributed by atoms with E-state index >= 15 is 0 Å². The van der Waals surface area contributed by atoms with Crippen LogP contribution in [0.2, 0.25) is 0 Å². The highest BCUT2D eigenvalue weighted by atomic mass is 16.6. The minimum atomic E-state index is -1.26. The number of hydrogen-bond acceptors (Lipinski definition) is 8. The number of nitro groups is 1. The van der Waals surface area contributed by atoms with Crippen molar-refractivity contribution in [1.82, 2.24) is 14.5 Å². The summed E-state index contributed by atoms with van der Waals surface area (Å²) in [5, 5.41) is 40.4. The van der Waals surface area contributed by atoms with Gasteiger partial charge in [0, 0.05) is 0 Å². The first-order valence-corrected chi connectivity index (χ1v) is 6.38. The Kier molecular flexibility index (Phi) is 3.28. The lowest BCUT2D eigenvalue weighted by Gasteiger charge is -2.18. The van der Waals surface area contributed by atoms with Gasteiger partial charge in [-0.3, -0.25) is 10.1 Å². The lowest BCUT2D eigenvalue weighted by Crippen LogP contribution is -2.30. The first kappa shape index (κ1) is 14.4. The Hall–Kier alpha value is -2.56. The Morgan fingerprint density at radius 1 is 1.41 bits per heavy atom. The third-order valence-electron chi connectivity index (χ3n) is 3.76. The number of aliphatic hydroxyl groups excluding tert-OH is 3. The molecule has 2 aromatic rings. The van der Waals surface area contributed by atoms with Crippen molar-refractivity contribution in [3.05, 3.63) is 34.3 Å². The molecule has 3 atom stereocenters. The van der Waals surface area contributed by atoms with E-state index < -0.39 is 29.8 Å². The number of aliphatic hydroxyl groups is 3. The van der Waals surface area contributed by atoms with Crippen molar-refractivity contribution in [3.63, 3.8) is 0 Å². The van der Waals surface area contributed by atoms with Crippen LogP contribution in [0.15, 0.2) is 24.2 Å². The molecule has 3 rings (SSSR count). The lowest BCUT2D eigenvalue weighted by molar-refractivity contribution is -0.383. The van der Waals surface area contributed by atoms with Crippen LogP contribution in [0.1, 0.15) is 6.04 Å². The van der Waals surface area contributed by atoms with Crippen LogP contribution in [0.5, 0.6) is 0 Å². The Bertz CT molecular complexity index is 786. The molecule has 0 bridgehead atoms. The summed E-state index contributed by atoms with van der Waals surface area (Å²) in [5.74, 6) is -0.0464. The molecule has 0 saturated heterocycles. The van der Waals surface area contributed by atoms with E-state index in [1.54, 1.807) is 0 Å². The third kappa shape index (κ3) is 1.93.